The van der Waals surface area contributed by atoms with Gasteiger partial charge < -0.3 is 0 Å². The van der Waals surface area contributed by atoms with Crippen molar-refractivity contribution >= 4 is 11.8 Å². The lowest BCUT2D eigenvalue weighted by Crippen LogP contribution is -1.82. The molecule has 11 heavy (non-hydrogen) atoms. The zero-order valence-electron chi connectivity index (χ0n) is 7.64. The Hall–Kier alpha value is 0.0900. The van der Waals surface area contributed by atoms with Crippen LogP contribution in [0.1, 0.15) is 39.0 Å². The molecule has 0 radical (unpaired) electrons. The Balaban J connectivity index is 2.74. The molecule has 0 unspecified atom stereocenters. The Morgan fingerprint density at radius 3 is 2.55 bits per heavy atom. The molecule has 1 heteroatoms. The van der Waals surface area contributed by atoms with E-state index in [4.69, 9.17) is 0 Å². The molecule has 66 valence electrons. The molecular formula is C10H20S. The highest BCUT2D eigenvalue weighted by atomic mass is 32.2. The summed E-state index contributed by atoms with van der Waals surface area (Å²) < 4.78 is 0. The van der Waals surface area contributed by atoms with Gasteiger partial charge in [-0.1, -0.05) is 38.7 Å². The van der Waals surface area contributed by atoms with Crippen LogP contribution in [0.5, 0.6) is 0 Å². The van der Waals surface area contributed by atoms with Gasteiger partial charge in [-0.05, 0) is 12.2 Å². The van der Waals surface area contributed by atoms with Crippen molar-refractivity contribution in [2.45, 2.75) is 39.0 Å². The van der Waals surface area contributed by atoms with E-state index in [0.717, 1.165) is 5.75 Å². The van der Waals surface area contributed by atoms with Gasteiger partial charge in [0.15, 0.2) is 0 Å². The first-order valence-electron chi connectivity index (χ1n) is 4.60. The van der Waals surface area contributed by atoms with Crippen LogP contribution >= 0.6 is 11.8 Å². The maximum Gasteiger partial charge on any atom is 0.0110 e. The van der Waals surface area contributed by atoms with Gasteiger partial charge in [0.05, 0.1) is 0 Å². The molecule has 0 fully saturated rings. The maximum atomic E-state index is 3.69. The average molecular weight is 172 g/mol. The van der Waals surface area contributed by atoms with E-state index in [1.165, 1.54) is 37.9 Å². The number of thioether (sulfide) groups is 1. The molecule has 0 atom stereocenters. The van der Waals surface area contributed by atoms with Crippen LogP contribution < -0.4 is 0 Å². The molecule has 0 aromatic carbocycles. The standard InChI is InChI=1S/C10H20S/c1-3-5-6-7-8-10-11-9-4-2/h4H,2-3,5-10H2,1H3. The van der Waals surface area contributed by atoms with E-state index in [2.05, 4.69) is 13.5 Å². The monoisotopic (exact) mass is 172 g/mol. The van der Waals surface area contributed by atoms with Crippen LogP contribution in [-0.2, 0) is 0 Å². The summed E-state index contributed by atoms with van der Waals surface area (Å²) in [6, 6.07) is 0. The van der Waals surface area contributed by atoms with Gasteiger partial charge in [0.1, 0.15) is 0 Å². The Bertz CT molecular complexity index is 78.9. The minimum atomic E-state index is 1.12. The summed E-state index contributed by atoms with van der Waals surface area (Å²) in [4.78, 5) is 0. The Kier molecular flexibility index (Phi) is 10.2. The van der Waals surface area contributed by atoms with Crippen molar-refractivity contribution in [1.82, 2.24) is 0 Å². The molecular weight excluding hydrogens is 152 g/mol. The quantitative estimate of drug-likeness (QED) is 0.395. The van der Waals surface area contributed by atoms with Crippen molar-refractivity contribution in [3.63, 3.8) is 0 Å². The first-order valence-corrected chi connectivity index (χ1v) is 5.76. The highest BCUT2D eigenvalue weighted by Gasteiger charge is 1.88. The van der Waals surface area contributed by atoms with Crippen molar-refractivity contribution in [3.05, 3.63) is 12.7 Å². The molecule has 0 aliphatic carbocycles. The van der Waals surface area contributed by atoms with Gasteiger partial charge in [-0.2, -0.15) is 11.8 Å². The molecule has 0 N–H and O–H groups in total. The summed E-state index contributed by atoms with van der Waals surface area (Å²) in [5.74, 6) is 2.43. The van der Waals surface area contributed by atoms with E-state index >= 15 is 0 Å². The molecule has 0 heterocycles. The Labute approximate surface area is 75.5 Å². The van der Waals surface area contributed by atoms with Crippen molar-refractivity contribution < 1.29 is 0 Å². The van der Waals surface area contributed by atoms with Crippen LogP contribution in [-0.4, -0.2) is 11.5 Å². The number of hydrogen-bond donors (Lipinski definition) is 0. The summed E-state index contributed by atoms with van der Waals surface area (Å²) in [6.45, 7) is 5.94. The minimum Gasteiger partial charge on any atom is -0.158 e. The van der Waals surface area contributed by atoms with Crippen LogP contribution in [0.25, 0.3) is 0 Å². The molecule has 0 aromatic heterocycles. The van der Waals surface area contributed by atoms with Crippen molar-refractivity contribution in [2.24, 2.45) is 0 Å². The maximum absolute atomic E-state index is 3.69. The average Bonchev–Trinajstić information content (AvgIpc) is 2.03. The highest BCUT2D eigenvalue weighted by molar-refractivity contribution is 7.99. The Morgan fingerprint density at radius 1 is 1.18 bits per heavy atom. The first-order chi connectivity index (χ1) is 5.41. The lowest BCUT2D eigenvalue weighted by Gasteiger charge is -1.98. The SMILES string of the molecule is C=CCSCCCCCCC. The topological polar surface area (TPSA) is 0 Å². The number of rotatable bonds is 8. The zero-order valence-corrected chi connectivity index (χ0v) is 8.46. The third kappa shape index (κ3) is 10.1. The van der Waals surface area contributed by atoms with E-state index < -0.39 is 0 Å². The summed E-state index contributed by atoms with van der Waals surface area (Å²) in [6.07, 6.45) is 8.96. The van der Waals surface area contributed by atoms with Gasteiger partial charge in [0.2, 0.25) is 0 Å². The fourth-order valence-corrected chi connectivity index (χ4v) is 1.72. The molecule has 0 nitrogen and oxygen atoms in total. The van der Waals surface area contributed by atoms with Gasteiger partial charge in [-0.3, -0.25) is 0 Å². The molecule has 0 aromatic rings. The van der Waals surface area contributed by atoms with Crippen LogP contribution in [0.2, 0.25) is 0 Å². The third-order valence-corrected chi connectivity index (χ3v) is 2.68. The smallest absolute Gasteiger partial charge is 0.0110 e. The number of unbranched alkanes of at least 4 members (excludes halogenated alkanes) is 4. The fourth-order valence-electron chi connectivity index (χ4n) is 0.974. The predicted molar refractivity (Wildman–Crippen MR) is 56.3 cm³/mol. The third-order valence-electron chi connectivity index (χ3n) is 1.63. The largest absolute Gasteiger partial charge is 0.158 e. The van der Waals surface area contributed by atoms with E-state index in [9.17, 15) is 0 Å². The van der Waals surface area contributed by atoms with Crippen LogP contribution in [0.3, 0.4) is 0 Å². The molecule has 0 aliphatic heterocycles. The van der Waals surface area contributed by atoms with E-state index in [-0.39, 0.29) is 0 Å². The molecule has 0 rings (SSSR count). The molecule has 0 bridgehead atoms. The lowest BCUT2D eigenvalue weighted by atomic mass is 10.2. The number of hydrogen-bond acceptors (Lipinski definition) is 1. The lowest BCUT2D eigenvalue weighted by molar-refractivity contribution is 0.659. The second-order valence-corrected chi connectivity index (χ2v) is 3.93. The van der Waals surface area contributed by atoms with Gasteiger partial charge in [0, 0.05) is 5.75 Å². The van der Waals surface area contributed by atoms with Gasteiger partial charge in [0.25, 0.3) is 0 Å². The molecule has 0 spiro atoms. The van der Waals surface area contributed by atoms with E-state index in [1.807, 2.05) is 17.8 Å². The summed E-state index contributed by atoms with van der Waals surface area (Å²) in [5, 5.41) is 0. The van der Waals surface area contributed by atoms with Gasteiger partial charge in [-0.25, -0.2) is 0 Å². The summed E-state index contributed by atoms with van der Waals surface area (Å²) >= 11 is 1.99. The second-order valence-electron chi connectivity index (χ2n) is 2.78. The summed E-state index contributed by atoms with van der Waals surface area (Å²) in [7, 11) is 0. The minimum absolute atomic E-state index is 1.12. The Morgan fingerprint density at radius 2 is 1.91 bits per heavy atom. The normalized spacial score (nSPS) is 9.91. The molecule has 0 saturated heterocycles. The predicted octanol–water partition coefficient (Wildman–Crippen LogP) is 3.88. The van der Waals surface area contributed by atoms with Crippen molar-refractivity contribution in [3.8, 4) is 0 Å². The summed E-state index contributed by atoms with van der Waals surface area (Å²) in [5.41, 5.74) is 0. The van der Waals surface area contributed by atoms with Crippen LogP contribution in [0.4, 0.5) is 0 Å². The highest BCUT2D eigenvalue weighted by Crippen LogP contribution is 2.08. The van der Waals surface area contributed by atoms with Crippen LogP contribution in [0.15, 0.2) is 12.7 Å². The van der Waals surface area contributed by atoms with Crippen molar-refractivity contribution in [2.75, 3.05) is 11.5 Å². The molecule has 0 aliphatic rings. The van der Waals surface area contributed by atoms with Crippen LogP contribution in [0, 0.1) is 0 Å². The van der Waals surface area contributed by atoms with E-state index in [0.29, 0.717) is 0 Å². The first kappa shape index (κ1) is 11.1. The molecule has 0 amide bonds. The van der Waals surface area contributed by atoms with E-state index in [1.54, 1.807) is 0 Å². The second kappa shape index (κ2) is 10.1. The fraction of sp³-hybridized carbons (Fsp3) is 0.800. The van der Waals surface area contributed by atoms with Gasteiger partial charge in [-0.15, -0.1) is 6.58 Å². The van der Waals surface area contributed by atoms with Gasteiger partial charge >= 0.3 is 0 Å². The zero-order chi connectivity index (χ0) is 8.36. The molecule has 0 saturated carbocycles. The van der Waals surface area contributed by atoms with Crippen molar-refractivity contribution in [1.29, 1.82) is 0 Å².